The second-order valence-electron chi connectivity index (χ2n) is 10.3. The molecule has 8 heteroatoms. The van der Waals surface area contributed by atoms with Crippen LogP contribution in [0.1, 0.15) is 43.2 Å². The fraction of sp³-hybridized carbons (Fsp3) is 0.312. The van der Waals surface area contributed by atoms with E-state index < -0.39 is 17.9 Å². The molecule has 1 aliphatic carbocycles. The molecule has 2 atom stereocenters. The first-order valence-corrected chi connectivity index (χ1v) is 14.0. The molecule has 3 amide bonds. The molecule has 8 nitrogen and oxygen atoms in total. The Morgan fingerprint density at radius 1 is 0.725 bits per heavy atom. The second kappa shape index (κ2) is 13.1. The highest BCUT2D eigenvalue weighted by molar-refractivity contribution is 6.46. The molecular formula is C32H35N5O3. The first-order chi connectivity index (χ1) is 19.6. The number of amides is 3. The molecule has 5 rings (SSSR count). The van der Waals surface area contributed by atoms with Crippen LogP contribution in [0.15, 0.2) is 96.1 Å². The van der Waals surface area contributed by atoms with E-state index in [1.54, 1.807) is 4.90 Å². The highest BCUT2D eigenvalue weighted by Gasteiger charge is 2.54. The predicted molar refractivity (Wildman–Crippen MR) is 155 cm³/mol. The molecule has 3 aromatic carbocycles. The van der Waals surface area contributed by atoms with Gasteiger partial charge in [-0.15, -0.1) is 0 Å². The fourth-order valence-corrected chi connectivity index (χ4v) is 5.54. The molecule has 0 aromatic heterocycles. The lowest BCUT2D eigenvalue weighted by Gasteiger charge is -2.35. The third-order valence-corrected chi connectivity index (χ3v) is 7.58. The average Bonchev–Trinajstić information content (AvgIpc) is 3.31. The van der Waals surface area contributed by atoms with Crippen LogP contribution in [0.4, 0.5) is 5.69 Å². The van der Waals surface area contributed by atoms with Gasteiger partial charge in [0, 0.05) is 19.1 Å². The summed E-state index contributed by atoms with van der Waals surface area (Å²) in [6.45, 7) is 0.585. The molecular weight excluding hydrogens is 502 g/mol. The average molecular weight is 538 g/mol. The van der Waals surface area contributed by atoms with Crippen molar-refractivity contribution in [3.05, 3.63) is 102 Å². The molecule has 0 bridgehead atoms. The summed E-state index contributed by atoms with van der Waals surface area (Å²) in [5, 5.41) is 10.4. The summed E-state index contributed by atoms with van der Waals surface area (Å²) in [5.41, 5.74) is 5.55. The minimum atomic E-state index is -1.06. The Balaban J connectivity index is 1.47. The van der Waals surface area contributed by atoms with Crippen LogP contribution in [0.5, 0.6) is 0 Å². The van der Waals surface area contributed by atoms with Crippen LogP contribution < -0.4 is 16.1 Å². The van der Waals surface area contributed by atoms with Gasteiger partial charge in [-0.2, -0.15) is 5.10 Å². The van der Waals surface area contributed by atoms with E-state index in [-0.39, 0.29) is 30.1 Å². The maximum Gasteiger partial charge on any atom is 0.271 e. The van der Waals surface area contributed by atoms with E-state index in [1.165, 1.54) is 0 Å². The Kier molecular flexibility index (Phi) is 8.86. The van der Waals surface area contributed by atoms with Crippen molar-refractivity contribution in [2.24, 2.45) is 11.0 Å². The number of hydrazone groups is 1. The van der Waals surface area contributed by atoms with Gasteiger partial charge in [0.1, 0.15) is 17.7 Å². The topological polar surface area (TPSA) is 103 Å². The van der Waals surface area contributed by atoms with Gasteiger partial charge in [-0.05, 0) is 36.1 Å². The van der Waals surface area contributed by atoms with Gasteiger partial charge in [-0.3, -0.25) is 19.8 Å². The van der Waals surface area contributed by atoms with Gasteiger partial charge in [-0.25, -0.2) is 0 Å². The van der Waals surface area contributed by atoms with E-state index in [9.17, 15) is 14.4 Å². The van der Waals surface area contributed by atoms with E-state index in [0.29, 0.717) is 12.2 Å². The predicted octanol–water partition coefficient (Wildman–Crippen LogP) is 4.25. The van der Waals surface area contributed by atoms with Gasteiger partial charge in [0.25, 0.3) is 5.91 Å². The van der Waals surface area contributed by atoms with Crippen molar-refractivity contribution in [2.45, 2.75) is 57.3 Å². The van der Waals surface area contributed by atoms with E-state index in [1.807, 2.05) is 91.0 Å². The van der Waals surface area contributed by atoms with Crippen LogP contribution in [-0.2, 0) is 27.5 Å². The van der Waals surface area contributed by atoms with Gasteiger partial charge >= 0.3 is 0 Å². The number of nitrogens with zero attached hydrogens (tertiary/aromatic N) is 2. The summed E-state index contributed by atoms with van der Waals surface area (Å²) in [6.07, 6.45) is 4.65. The zero-order valence-corrected chi connectivity index (χ0v) is 22.5. The molecule has 3 N–H and O–H groups in total. The quantitative estimate of drug-likeness (QED) is 0.355. The molecule has 2 unspecified atom stereocenters. The van der Waals surface area contributed by atoms with Crippen LogP contribution in [0.25, 0.3) is 0 Å². The summed E-state index contributed by atoms with van der Waals surface area (Å²) >= 11 is 0. The summed E-state index contributed by atoms with van der Waals surface area (Å²) < 4.78 is 0. The smallest absolute Gasteiger partial charge is 0.271 e. The van der Waals surface area contributed by atoms with Crippen molar-refractivity contribution < 1.29 is 14.4 Å². The number of carbonyl (C=O) groups is 3. The number of hydrogen-bond donors (Lipinski definition) is 3. The maximum absolute atomic E-state index is 14.0. The molecule has 1 saturated carbocycles. The van der Waals surface area contributed by atoms with Gasteiger partial charge < -0.3 is 15.5 Å². The molecule has 1 saturated heterocycles. The molecule has 3 aromatic rings. The number of para-hydroxylation sites is 1. The SMILES string of the molecule is O=C(NCc1ccccc1)C1C(=NNc2ccccc2)C(=O)N(C2CCCCC2)C1C(=O)NCc1ccccc1. The summed E-state index contributed by atoms with van der Waals surface area (Å²) in [6, 6.07) is 27.3. The largest absolute Gasteiger partial charge is 0.351 e. The molecule has 0 spiro atoms. The van der Waals surface area contributed by atoms with Crippen LogP contribution in [0, 0.1) is 5.92 Å². The van der Waals surface area contributed by atoms with Crippen LogP contribution in [-0.4, -0.2) is 40.4 Å². The molecule has 2 aliphatic rings. The molecule has 40 heavy (non-hydrogen) atoms. The number of rotatable bonds is 9. The van der Waals surface area contributed by atoms with E-state index in [4.69, 9.17) is 0 Å². The van der Waals surface area contributed by atoms with Crippen molar-refractivity contribution in [2.75, 3.05) is 5.43 Å². The molecule has 0 radical (unpaired) electrons. The van der Waals surface area contributed by atoms with Gasteiger partial charge in [-0.1, -0.05) is 98.1 Å². The highest BCUT2D eigenvalue weighted by Crippen LogP contribution is 2.33. The lowest BCUT2D eigenvalue weighted by Crippen LogP contribution is -2.53. The summed E-state index contributed by atoms with van der Waals surface area (Å²) in [7, 11) is 0. The van der Waals surface area contributed by atoms with Crippen molar-refractivity contribution >= 4 is 29.1 Å². The van der Waals surface area contributed by atoms with Gasteiger partial charge in [0.2, 0.25) is 11.8 Å². The second-order valence-corrected chi connectivity index (χ2v) is 10.3. The Labute approximate surface area is 234 Å². The van der Waals surface area contributed by atoms with Crippen molar-refractivity contribution in [1.82, 2.24) is 15.5 Å². The first kappa shape index (κ1) is 27.1. The summed E-state index contributed by atoms with van der Waals surface area (Å²) in [5.74, 6) is -2.18. The Hall–Kier alpha value is -4.46. The van der Waals surface area contributed by atoms with Gasteiger partial charge in [0.05, 0.1) is 5.69 Å². The summed E-state index contributed by atoms with van der Waals surface area (Å²) in [4.78, 5) is 43.3. The first-order valence-electron chi connectivity index (χ1n) is 14.0. The Morgan fingerprint density at radius 2 is 1.25 bits per heavy atom. The van der Waals surface area contributed by atoms with E-state index in [0.717, 1.165) is 43.2 Å². The maximum atomic E-state index is 14.0. The number of likely N-dealkylation sites (tertiary alicyclic amines) is 1. The van der Waals surface area contributed by atoms with E-state index >= 15 is 0 Å². The normalized spacial score (nSPS) is 20.4. The molecule has 1 heterocycles. The van der Waals surface area contributed by atoms with Crippen LogP contribution >= 0.6 is 0 Å². The lowest BCUT2D eigenvalue weighted by molar-refractivity contribution is -0.139. The highest BCUT2D eigenvalue weighted by atomic mass is 16.2. The monoisotopic (exact) mass is 537 g/mol. The lowest BCUT2D eigenvalue weighted by atomic mass is 9.92. The van der Waals surface area contributed by atoms with E-state index in [2.05, 4.69) is 21.2 Å². The number of carbonyl (C=O) groups excluding carboxylic acids is 3. The minimum absolute atomic E-state index is 0.0554. The zero-order valence-electron chi connectivity index (χ0n) is 22.5. The van der Waals surface area contributed by atoms with Crippen LogP contribution in [0.3, 0.4) is 0 Å². The fourth-order valence-electron chi connectivity index (χ4n) is 5.54. The number of benzene rings is 3. The zero-order chi connectivity index (χ0) is 27.7. The third-order valence-electron chi connectivity index (χ3n) is 7.58. The van der Waals surface area contributed by atoms with Crippen LogP contribution in [0.2, 0.25) is 0 Å². The Morgan fingerprint density at radius 3 is 1.82 bits per heavy atom. The van der Waals surface area contributed by atoms with Crippen molar-refractivity contribution in [3.63, 3.8) is 0 Å². The Bertz CT molecular complexity index is 1320. The third kappa shape index (κ3) is 6.39. The molecule has 1 aliphatic heterocycles. The molecule has 206 valence electrons. The van der Waals surface area contributed by atoms with Crippen molar-refractivity contribution in [1.29, 1.82) is 0 Å². The number of hydrogen-bond acceptors (Lipinski definition) is 5. The number of nitrogens with one attached hydrogen (secondary N) is 3. The number of anilines is 1. The minimum Gasteiger partial charge on any atom is -0.351 e. The van der Waals surface area contributed by atoms with Crippen molar-refractivity contribution in [3.8, 4) is 0 Å². The standard InChI is InChI=1S/C32H35N5O3/c38-30(33-21-23-13-5-1-6-14-23)27-28(36-35-25-17-9-3-10-18-25)32(40)37(26-19-11-4-12-20-26)29(27)31(39)34-22-24-15-7-2-8-16-24/h1-3,5-10,13-18,26-27,29,35H,4,11-12,19-22H2,(H,33,38)(H,34,39). The molecule has 2 fully saturated rings. The van der Waals surface area contributed by atoms with Gasteiger partial charge in [0.15, 0.2) is 0 Å².